The van der Waals surface area contributed by atoms with E-state index in [0.717, 1.165) is 4.31 Å². The number of esters is 1. The van der Waals surface area contributed by atoms with Crippen LogP contribution in [0.4, 0.5) is 11.4 Å². The number of methoxy groups -OCH3 is 2. The molecule has 0 aliphatic carbocycles. The summed E-state index contributed by atoms with van der Waals surface area (Å²) in [5.41, 5.74) is 1.75. The molecule has 0 aromatic heterocycles. The molecule has 0 heterocycles. The Balaban J connectivity index is 1.91. The first-order valence-corrected chi connectivity index (χ1v) is 12.5. The highest BCUT2D eigenvalue weighted by atomic mass is 32.2. The second-order valence-corrected chi connectivity index (χ2v) is 9.52. The molecule has 0 aliphatic heterocycles. The summed E-state index contributed by atoms with van der Waals surface area (Å²) in [5, 5.41) is 2.73. The Labute approximate surface area is 210 Å². The summed E-state index contributed by atoms with van der Waals surface area (Å²) in [6.45, 7) is 3.21. The molecule has 3 aromatic rings. The number of amides is 1. The van der Waals surface area contributed by atoms with Crippen molar-refractivity contribution in [2.45, 2.75) is 18.7 Å². The highest BCUT2D eigenvalue weighted by Crippen LogP contribution is 2.32. The number of carbonyl (C=O) groups is 2. The average molecular weight is 513 g/mol. The molecular weight excluding hydrogens is 484 g/mol. The number of nitrogens with zero attached hydrogens (tertiary/aromatic N) is 1. The van der Waals surface area contributed by atoms with Crippen molar-refractivity contribution in [2.24, 2.45) is 0 Å². The van der Waals surface area contributed by atoms with Crippen LogP contribution in [0.15, 0.2) is 71.6 Å². The van der Waals surface area contributed by atoms with Gasteiger partial charge in [-0.3, -0.25) is 9.10 Å². The molecular formula is C26H28N2O7S. The Bertz CT molecular complexity index is 1340. The zero-order chi connectivity index (χ0) is 26.3. The first-order valence-electron chi connectivity index (χ1n) is 11.1. The van der Waals surface area contributed by atoms with Crippen molar-refractivity contribution in [3.8, 4) is 11.5 Å². The average Bonchev–Trinajstić information content (AvgIpc) is 2.88. The molecule has 0 unspecified atom stereocenters. The van der Waals surface area contributed by atoms with Crippen molar-refractivity contribution in [1.29, 1.82) is 0 Å². The highest BCUT2D eigenvalue weighted by molar-refractivity contribution is 7.92. The molecule has 36 heavy (non-hydrogen) atoms. The number of anilines is 2. The number of hydrogen-bond donors (Lipinski definition) is 1. The molecule has 0 saturated carbocycles. The molecule has 0 fully saturated rings. The van der Waals surface area contributed by atoms with Crippen molar-refractivity contribution in [3.63, 3.8) is 0 Å². The van der Waals surface area contributed by atoms with Crippen LogP contribution in [0, 0.1) is 6.92 Å². The van der Waals surface area contributed by atoms with Gasteiger partial charge in [0.1, 0.15) is 6.54 Å². The third kappa shape index (κ3) is 5.95. The summed E-state index contributed by atoms with van der Waals surface area (Å²) in [4.78, 5) is 24.9. The zero-order valence-electron chi connectivity index (χ0n) is 20.5. The number of para-hydroxylation sites is 1. The lowest BCUT2D eigenvalue weighted by atomic mass is 10.1. The fourth-order valence-corrected chi connectivity index (χ4v) is 4.92. The minimum atomic E-state index is -4.16. The summed E-state index contributed by atoms with van der Waals surface area (Å²) < 4.78 is 43.7. The van der Waals surface area contributed by atoms with E-state index in [2.05, 4.69) is 5.32 Å². The molecule has 0 atom stereocenters. The third-order valence-corrected chi connectivity index (χ3v) is 7.06. The van der Waals surface area contributed by atoms with Gasteiger partial charge in [0.05, 0.1) is 37.0 Å². The summed E-state index contributed by atoms with van der Waals surface area (Å²) in [6, 6.07) is 17.3. The Morgan fingerprint density at radius 1 is 0.917 bits per heavy atom. The van der Waals surface area contributed by atoms with Gasteiger partial charge in [-0.05, 0) is 61.9 Å². The molecule has 1 amide bonds. The van der Waals surface area contributed by atoms with Crippen LogP contribution < -0.4 is 19.1 Å². The second-order valence-electron chi connectivity index (χ2n) is 7.66. The van der Waals surface area contributed by atoms with Crippen LogP contribution in [0.25, 0.3) is 0 Å². The normalized spacial score (nSPS) is 10.9. The fraction of sp³-hybridized carbons (Fsp3) is 0.231. The highest BCUT2D eigenvalue weighted by Gasteiger charge is 2.28. The van der Waals surface area contributed by atoms with Crippen LogP contribution >= 0.6 is 0 Å². The summed E-state index contributed by atoms with van der Waals surface area (Å²) in [6.07, 6.45) is 0. The van der Waals surface area contributed by atoms with E-state index in [9.17, 15) is 18.0 Å². The molecule has 190 valence electrons. The van der Waals surface area contributed by atoms with Crippen molar-refractivity contribution in [2.75, 3.05) is 37.0 Å². The van der Waals surface area contributed by atoms with Gasteiger partial charge in [0.2, 0.25) is 5.91 Å². The van der Waals surface area contributed by atoms with Gasteiger partial charge in [0.25, 0.3) is 10.0 Å². The molecule has 0 radical (unpaired) electrons. The van der Waals surface area contributed by atoms with E-state index < -0.39 is 28.4 Å². The smallest absolute Gasteiger partial charge is 0.338 e. The van der Waals surface area contributed by atoms with Crippen molar-refractivity contribution in [1.82, 2.24) is 0 Å². The van der Waals surface area contributed by atoms with Crippen LogP contribution in [0.2, 0.25) is 0 Å². The van der Waals surface area contributed by atoms with Crippen LogP contribution in [0.1, 0.15) is 22.8 Å². The number of nitrogens with one attached hydrogen (secondary N) is 1. The predicted octanol–water partition coefficient (Wildman–Crippen LogP) is 4.02. The largest absolute Gasteiger partial charge is 0.493 e. The topological polar surface area (TPSA) is 111 Å². The Morgan fingerprint density at radius 2 is 1.61 bits per heavy atom. The zero-order valence-corrected chi connectivity index (χ0v) is 21.3. The summed E-state index contributed by atoms with van der Waals surface area (Å²) >= 11 is 0. The molecule has 10 heteroatoms. The lowest BCUT2D eigenvalue weighted by molar-refractivity contribution is -0.114. The number of benzene rings is 3. The molecule has 0 aliphatic rings. The van der Waals surface area contributed by atoms with Crippen molar-refractivity contribution >= 4 is 33.3 Å². The molecule has 3 rings (SSSR count). The van der Waals surface area contributed by atoms with Gasteiger partial charge < -0.3 is 19.5 Å². The Morgan fingerprint density at radius 3 is 2.22 bits per heavy atom. The number of aryl methyl sites for hydroxylation is 1. The lowest BCUT2D eigenvalue weighted by Gasteiger charge is -2.24. The maximum atomic E-state index is 13.6. The standard InChI is InChI=1S/C26H28N2O7S/c1-5-35-26(30)19-11-13-22(18(2)15-19)27-25(29)17-28(20-9-7-6-8-10-20)36(31,32)21-12-14-23(33-3)24(16-21)34-4/h6-16H,5,17H2,1-4H3,(H,27,29). The summed E-state index contributed by atoms with van der Waals surface area (Å²) in [7, 11) is -1.30. The van der Waals surface area contributed by atoms with Gasteiger partial charge >= 0.3 is 5.97 Å². The number of carbonyl (C=O) groups excluding carboxylic acids is 2. The van der Waals surface area contributed by atoms with Gasteiger partial charge in [-0.15, -0.1) is 0 Å². The monoisotopic (exact) mass is 512 g/mol. The van der Waals surface area contributed by atoms with E-state index in [4.69, 9.17) is 14.2 Å². The Kier molecular flexibility index (Phi) is 8.55. The van der Waals surface area contributed by atoms with Crippen LogP contribution in [0.3, 0.4) is 0 Å². The van der Waals surface area contributed by atoms with E-state index in [1.807, 2.05) is 0 Å². The maximum Gasteiger partial charge on any atom is 0.338 e. The fourth-order valence-electron chi connectivity index (χ4n) is 3.48. The van der Waals surface area contributed by atoms with Crippen molar-refractivity contribution in [3.05, 3.63) is 77.9 Å². The number of sulfonamides is 1. The molecule has 3 aromatic carbocycles. The van der Waals surface area contributed by atoms with Crippen LogP contribution in [-0.4, -0.2) is 47.7 Å². The van der Waals surface area contributed by atoms with Gasteiger partial charge in [-0.25, -0.2) is 13.2 Å². The van der Waals surface area contributed by atoms with Gasteiger partial charge in [0.15, 0.2) is 11.5 Å². The van der Waals surface area contributed by atoms with Gasteiger partial charge in [0, 0.05) is 11.8 Å². The summed E-state index contributed by atoms with van der Waals surface area (Å²) in [5.74, 6) is -0.403. The molecule has 0 bridgehead atoms. The number of ether oxygens (including phenoxy) is 3. The number of hydrogen-bond acceptors (Lipinski definition) is 7. The molecule has 1 N–H and O–H groups in total. The molecule has 0 saturated heterocycles. The third-order valence-electron chi connectivity index (χ3n) is 5.29. The van der Waals surface area contributed by atoms with E-state index in [0.29, 0.717) is 28.3 Å². The minimum absolute atomic E-state index is 0.0632. The van der Waals surface area contributed by atoms with E-state index in [1.165, 1.54) is 38.5 Å². The van der Waals surface area contributed by atoms with Gasteiger partial charge in [-0.2, -0.15) is 0 Å². The SMILES string of the molecule is CCOC(=O)c1ccc(NC(=O)CN(c2ccccc2)S(=O)(=O)c2ccc(OC)c(OC)c2)c(C)c1. The molecule has 0 spiro atoms. The minimum Gasteiger partial charge on any atom is -0.493 e. The molecule has 9 nitrogen and oxygen atoms in total. The second kappa shape index (κ2) is 11.6. The van der Waals surface area contributed by atoms with Gasteiger partial charge in [-0.1, -0.05) is 18.2 Å². The predicted molar refractivity (Wildman–Crippen MR) is 136 cm³/mol. The van der Waals surface area contributed by atoms with E-state index >= 15 is 0 Å². The Hall–Kier alpha value is -4.05. The first-order chi connectivity index (χ1) is 17.2. The van der Waals surface area contributed by atoms with Crippen LogP contribution in [-0.2, 0) is 19.6 Å². The van der Waals surface area contributed by atoms with E-state index in [1.54, 1.807) is 56.3 Å². The first kappa shape index (κ1) is 26.6. The van der Waals surface area contributed by atoms with E-state index in [-0.39, 0.29) is 17.3 Å². The van der Waals surface area contributed by atoms with Crippen molar-refractivity contribution < 1.29 is 32.2 Å². The maximum absolute atomic E-state index is 13.6. The lowest BCUT2D eigenvalue weighted by Crippen LogP contribution is -2.38. The quantitative estimate of drug-likeness (QED) is 0.409. The number of rotatable bonds is 10. The van der Waals surface area contributed by atoms with Crippen LogP contribution in [0.5, 0.6) is 11.5 Å².